The van der Waals surface area contributed by atoms with Crippen LogP contribution in [-0.2, 0) is 0 Å². The fraction of sp³-hybridized carbons (Fsp3) is 0.235. The Hall–Kier alpha value is -2.29. The Kier molecular flexibility index (Phi) is 2.97. The van der Waals surface area contributed by atoms with Crippen LogP contribution in [0.5, 0.6) is 0 Å². The molecule has 0 spiro atoms. The number of fused-ring (bicyclic) bond motifs is 1. The summed E-state index contributed by atoms with van der Waals surface area (Å²) in [7, 11) is 0. The molecular formula is C17H19N3. The Balaban J connectivity index is 2.32. The van der Waals surface area contributed by atoms with Crippen molar-refractivity contribution in [1.82, 2.24) is 9.97 Å². The lowest BCUT2D eigenvalue weighted by Crippen LogP contribution is -1.91. The van der Waals surface area contributed by atoms with E-state index in [0.717, 1.165) is 16.9 Å². The average molecular weight is 265 g/mol. The number of aromatic nitrogens is 2. The van der Waals surface area contributed by atoms with Gasteiger partial charge in [0.05, 0.1) is 5.69 Å². The SMILES string of the molecule is Cc1cc(-c2[nH]c3ccc(N)cc3c2C(C)C)ccn1. The highest BCUT2D eigenvalue weighted by Gasteiger charge is 2.16. The number of aromatic amines is 1. The second-order valence-electron chi connectivity index (χ2n) is 5.56. The van der Waals surface area contributed by atoms with Crippen LogP contribution in [0.3, 0.4) is 0 Å². The Morgan fingerprint density at radius 1 is 1.15 bits per heavy atom. The fourth-order valence-electron chi connectivity index (χ4n) is 2.76. The van der Waals surface area contributed by atoms with Crippen LogP contribution >= 0.6 is 0 Å². The van der Waals surface area contributed by atoms with E-state index < -0.39 is 0 Å². The number of nitrogens with one attached hydrogen (secondary N) is 1. The molecule has 0 aliphatic rings. The number of hydrogen-bond acceptors (Lipinski definition) is 2. The standard InChI is InChI=1S/C17H19N3/c1-10(2)16-14-9-13(18)4-5-15(14)20-17(16)12-6-7-19-11(3)8-12/h4-10,20H,18H2,1-3H3. The number of anilines is 1. The number of benzene rings is 1. The average Bonchev–Trinajstić information content (AvgIpc) is 2.77. The Morgan fingerprint density at radius 3 is 2.65 bits per heavy atom. The normalized spacial score (nSPS) is 11.4. The van der Waals surface area contributed by atoms with E-state index in [9.17, 15) is 0 Å². The zero-order chi connectivity index (χ0) is 14.3. The molecule has 0 saturated carbocycles. The largest absolute Gasteiger partial charge is 0.399 e. The molecule has 0 unspecified atom stereocenters. The van der Waals surface area contributed by atoms with Gasteiger partial charge >= 0.3 is 0 Å². The van der Waals surface area contributed by atoms with Crippen LogP contribution in [0.1, 0.15) is 31.0 Å². The number of nitrogen functional groups attached to an aromatic ring is 1. The summed E-state index contributed by atoms with van der Waals surface area (Å²) in [6.45, 7) is 6.44. The lowest BCUT2D eigenvalue weighted by atomic mass is 9.96. The molecule has 3 heteroatoms. The van der Waals surface area contributed by atoms with Crippen LogP contribution in [0.15, 0.2) is 36.5 Å². The van der Waals surface area contributed by atoms with E-state index in [1.807, 2.05) is 31.3 Å². The highest BCUT2D eigenvalue weighted by molar-refractivity contribution is 5.93. The van der Waals surface area contributed by atoms with E-state index in [1.54, 1.807) is 0 Å². The molecule has 0 amide bonds. The van der Waals surface area contributed by atoms with E-state index in [0.29, 0.717) is 5.92 Å². The quantitative estimate of drug-likeness (QED) is 0.681. The van der Waals surface area contributed by atoms with Crippen LogP contribution < -0.4 is 5.73 Å². The van der Waals surface area contributed by atoms with Gasteiger partial charge in [0.15, 0.2) is 0 Å². The van der Waals surface area contributed by atoms with E-state index in [1.165, 1.54) is 22.2 Å². The summed E-state index contributed by atoms with van der Waals surface area (Å²) in [6.07, 6.45) is 1.86. The Bertz CT molecular complexity index is 769. The first-order valence-corrected chi connectivity index (χ1v) is 6.90. The molecule has 0 aliphatic carbocycles. The molecule has 3 nitrogen and oxygen atoms in total. The van der Waals surface area contributed by atoms with Crippen LogP contribution in [0, 0.1) is 6.92 Å². The fourth-order valence-corrected chi connectivity index (χ4v) is 2.76. The van der Waals surface area contributed by atoms with Crippen molar-refractivity contribution in [3.8, 4) is 11.3 Å². The predicted octanol–water partition coefficient (Wildman–Crippen LogP) is 4.24. The summed E-state index contributed by atoms with van der Waals surface area (Å²) < 4.78 is 0. The minimum atomic E-state index is 0.425. The first-order chi connectivity index (χ1) is 9.56. The summed E-state index contributed by atoms with van der Waals surface area (Å²) in [6, 6.07) is 10.2. The van der Waals surface area contributed by atoms with Crippen molar-refractivity contribution in [3.05, 3.63) is 47.8 Å². The monoisotopic (exact) mass is 265 g/mol. The molecule has 102 valence electrons. The summed E-state index contributed by atoms with van der Waals surface area (Å²) >= 11 is 0. The van der Waals surface area contributed by atoms with Gasteiger partial charge in [0.1, 0.15) is 0 Å². The minimum absolute atomic E-state index is 0.425. The molecule has 3 aromatic rings. The van der Waals surface area contributed by atoms with Crippen LogP contribution in [-0.4, -0.2) is 9.97 Å². The molecule has 0 saturated heterocycles. The van der Waals surface area contributed by atoms with Crippen LogP contribution in [0.4, 0.5) is 5.69 Å². The molecule has 3 rings (SSSR count). The van der Waals surface area contributed by atoms with Gasteiger partial charge in [0.25, 0.3) is 0 Å². The third-order valence-electron chi connectivity index (χ3n) is 3.63. The molecule has 0 bridgehead atoms. The molecule has 3 N–H and O–H groups in total. The van der Waals surface area contributed by atoms with Gasteiger partial charge in [-0.05, 0) is 48.7 Å². The van der Waals surface area contributed by atoms with Gasteiger partial charge in [-0.3, -0.25) is 4.98 Å². The molecule has 2 heterocycles. The lowest BCUT2D eigenvalue weighted by molar-refractivity contribution is 0.878. The number of hydrogen-bond donors (Lipinski definition) is 2. The number of H-pyrrole nitrogens is 1. The molecule has 2 aromatic heterocycles. The molecular weight excluding hydrogens is 246 g/mol. The van der Waals surface area contributed by atoms with E-state index in [2.05, 4.69) is 35.9 Å². The maximum atomic E-state index is 5.94. The molecule has 20 heavy (non-hydrogen) atoms. The zero-order valence-electron chi connectivity index (χ0n) is 12.1. The third-order valence-corrected chi connectivity index (χ3v) is 3.63. The number of nitrogens with two attached hydrogens (primary N) is 1. The molecule has 0 aliphatic heterocycles. The van der Waals surface area contributed by atoms with Crippen molar-refractivity contribution in [3.63, 3.8) is 0 Å². The summed E-state index contributed by atoms with van der Waals surface area (Å²) in [5, 5.41) is 1.21. The molecule has 1 aromatic carbocycles. The number of nitrogens with zero attached hydrogens (tertiary/aromatic N) is 1. The molecule has 0 radical (unpaired) electrons. The number of rotatable bonds is 2. The maximum Gasteiger partial charge on any atom is 0.0501 e. The van der Waals surface area contributed by atoms with Crippen molar-refractivity contribution >= 4 is 16.6 Å². The summed E-state index contributed by atoms with van der Waals surface area (Å²) in [5.74, 6) is 0.425. The van der Waals surface area contributed by atoms with Crippen LogP contribution in [0.2, 0.25) is 0 Å². The van der Waals surface area contributed by atoms with Gasteiger partial charge in [-0.2, -0.15) is 0 Å². The smallest absolute Gasteiger partial charge is 0.0501 e. The first kappa shape index (κ1) is 12.7. The predicted molar refractivity (Wildman–Crippen MR) is 84.8 cm³/mol. The van der Waals surface area contributed by atoms with E-state index in [-0.39, 0.29) is 0 Å². The lowest BCUT2D eigenvalue weighted by Gasteiger charge is -2.09. The number of aryl methyl sites for hydroxylation is 1. The second kappa shape index (κ2) is 4.67. The highest BCUT2D eigenvalue weighted by atomic mass is 14.7. The van der Waals surface area contributed by atoms with Gasteiger partial charge in [0.2, 0.25) is 0 Å². The van der Waals surface area contributed by atoms with Crippen molar-refractivity contribution in [2.45, 2.75) is 26.7 Å². The Labute approximate surface area is 118 Å². The first-order valence-electron chi connectivity index (χ1n) is 6.90. The summed E-state index contributed by atoms with van der Waals surface area (Å²) in [5.41, 5.74) is 12.6. The zero-order valence-corrected chi connectivity index (χ0v) is 12.1. The van der Waals surface area contributed by atoms with Crippen molar-refractivity contribution < 1.29 is 0 Å². The van der Waals surface area contributed by atoms with Gasteiger partial charge in [-0.1, -0.05) is 13.8 Å². The third kappa shape index (κ3) is 2.05. The van der Waals surface area contributed by atoms with Crippen molar-refractivity contribution in [2.75, 3.05) is 5.73 Å². The molecule has 0 fully saturated rings. The van der Waals surface area contributed by atoms with E-state index >= 15 is 0 Å². The van der Waals surface area contributed by atoms with E-state index in [4.69, 9.17) is 5.73 Å². The van der Waals surface area contributed by atoms with Gasteiger partial charge in [0, 0.05) is 34.0 Å². The van der Waals surface area contributed by atoms with Gasteiger partial charge in [-0.15, -0.1) is 0 Å². The van der Waals surface area contributed by atoms with Crippen molar-refractivity contribution in [2.24, 2.45) is 0 Å². The Morgan fingerprint density at radius 2 is 1.95 bits per heavy atom. The minimum Gasteiger partial charge on any atom is -0.399 e. The van der Waals surface area contributed by atoms with Crippen molar-refractivity contribution in [1.29, 1.82) is 0 Å². The topological polar surface area (TPSA) is 54.7 Å². The van der Waals surface area contributed by atoms with Gasteiger partial charge in [-0.25, -0.2) is 0 Å². The second-order valence-corrected chi connectivity index (χ2v) is 5.56. The number of pyridine rings is 1. The van der Waals surface area contributed by atoms with Gasteiger partial charge < -0.3 is 10.7 Å². The van der Waals surface area contributed by atoms with Crippen LogP contribution in [0.25, 0.3) is 22.2 Å². The highest BCUT2D eigenvalue weighted by Crippen LogP contribution is 2.36. The maximum absolute atomic E-state index is 5.94. The summed E-state index contributed by atoms with van der Waals surface area (Å²) in [4.78, 5) is 7.81. The molecule has 0 atom stereocenters.